The van der Waals surface area contributed by atoms with Gasteiger partial charge in [0.2, 0.25) is 5.91 Å². The van der Waals surface area contributed by atoms with Crippen LogP contribution in [0.15, 0.2) is 47.8 Å². The van der Waals surface area contributed by atoms with Gasteiger partial charge >= 0.3 is 0 Å². The molecule has 0 spiro atoms. The zero-order chi connectivity index (χ0) is 22.0. The van der Waals surface area contributed by atoms with E-state index in [1.165, 1.54) is 0 Å². The van der Waals surface area contributed by atoms with Gasteiger partial charge in [-0.2, -0.15) is 5.10 Å². The number of rotatable bonds is 7. The molecule has 0 radical (unpaired) electrons. The quantitative estimate of drug-likeness (QED) is 0.574. The lowest BCUT2D eigenvalue weighted by Crippen LogP contribution is -2.65. The number of carbonyl (C=O) groups excluding carboxylic acids is 2. The van der Waals surface area contributed by atoms with E-state index in [4.69, 9.17) is 4.74 Å². The van der Waals surface area contributed by atoms with Crippen molar-refractivity contribution in [1.82, 2.24) is 15.1 Å². The average Bonchev–Trinajstić information content (AvgIpc) is 3.44. The molecule has 1 aliphatic heterocycles. The monoisotopic (exact) mass is 438 g/mol. The third-order valence-corrected chi connectivity index (χ3v) is 6.51. The Hall–Kier alpha value is -2.97. The van der Waals surface area contributed by atoms with Crippen molar-refractivity contribution in [2.75, 3.05) is 25.2 Å². The van der Waals surface area contributed by atoms with Crippen LogP contribution >= 0.6 is 11.3 Å². The van der Waals surface area contributed by atoms with Crippen LogP contribution in [0.2, 0.25) is 0 Å². The summed E-state index contributed by atoms with van der Waals surface area (Å²) in [5.74, 6) is -0.463. The van der Waals surface area contributed by atoms with Crippen LogP contribution in [0.5, 0.6) is 0 Å². The summed E-state index contributed by atoms with van der Waals surface area (Å²) in [4.78, 5) is 29.8. The second kappa shape index (κ2) is 8.64. The Balaban J connectivity index is 1.81. The van der Waals surface area contributed by atoms with Crippen LogP contribution in [0.25, 0.3) is 10.6 Å². The molecule has 2 amide bonds. The first-order valence-electron chi connectivity index (χ1n) is 10.3. The van der Waals surface area contributed by atoms with Gasteiger partial charge in [-0.15, -0.1) is 11.3 Å². The Labute approximate surface area is 185 Å². The highest BCUT2D eigenvalue weighted by atomic mass is 32.1. The molecule has 31 heavy (non-hydrogen) atoms. The molecule has 0 saturated carbocycles. The molecule has 162 valence electrons. The molecule has 1 aromatic carbocycles. The largest absolute Gasteiger partial charge is 0.383 e. The summed E-state index contributed by atoms with van der Waals surface area (Å²) in [6.07, 6.45) is 0.751. The Morgan fingerprint density at radius 1 is 1.29 bits per heavy atom. The fourth-order valence-electron chi connectivity index (χ4n) is 3.99. The second-order valence-corrected chi connectivity index (χ2v) is 8.64. The van der Waals surface area contributed by atoms with E-state index in [1.54, 1.807) is 35.0 Å². The Kier molecular flexibility index (Phi) is 5.93. The van der Waals surface area contributed by atoms with Crippen molar-refractivity contribution in [3.05, 3.63) is 59.1 Å². The molecule has 7 nitrogen and oxygen atoms in total. The fraction of sp³-hybridized carbons (Fsp3) is 0.348. The molecule has 0 unspecified atom stereocenters. The van der Waals surface area contributed by atoms with E-state index in [0.717, 1.165) is 28.2 Å². The molecule has 0 fully saturated rings. The Morgan fingerprint density at radius 2 is 2.10 bits per heavy atom. The first-order chi connectivity index (χ1) is 15.0. The standard InChI is InChI=1S/C23H26N4O3S/c1-4-16-8-5-6-9-18(16)27-21(28)19-14-17(20-10-7-13-31-20)25-26(19)15-23(27,2)22(29)24-11-12-30-3/h5-10,13-14H,4,11-12,15H2,1-3H3,(H,24,29)/t23-/m1/s1. The molecule has 1 N–H and O–H groups in total. The second-order valence-electron chi connectivity index (χ2n) is 7.70. The number of aromatic nitrogens is 2. The van der Waals surface area contributed by atoms with E-state index >= 15 is 0 Å². The molecule has 1 aliphatic rings. The van der Waals surface area contributed by atoms with Gasteiger partial charge in [-0.1, -0.05) is 31.2 Å². The molecule has 0 saturated heterocycles. The first-order valence-corrected chi connectivity index (χ1v) is 11.2. The third-order valence-electron chi connectivity index (χ3n) is 5.62. The van der Waals surface area contributed by atoms with Crippen LogP contribution in [0.3, 0.4) is 0 Å². The Morgan fingerprint density at radius 3 is 2.81 bits per heavy atom. The van der Waals surface area contributed by atoms with E-state index in [9.17, 15) is 9.59 Å². The van der Waals surface area contributed by atoms with Crippen LogP contribution in [0.1, 0.15) is 29.9 Å². The van der Waals surface area contributed by atoms with Crippen molar-refractivity contribution in [2.24, 2.45) is 0 Å². The third kappa shape index (κ3) is 3.77. The van der Waals surface area contributed by atoms with E-state index < -0.39 is 5.54 Å². The smallest absolute Gasteiger partial charge is 0.277 e. The van der Waals surface area contributed by atoms with Crippen molar-refractivity contribution < 1.29 is 14.3 Å². The maximum absolute atomic E-state index is 13.8. The molecule has 0 aliphatic carbocycles. The molecule has 3 aromatic rings. The normalized spacial score (nSPS) is 18.2. The number of nitrogens with one attached hydrogen (secondary N) is 1. The Bertz CT molecular complexity index is 1090. The molecular formula is C23H26N4O3S. The first kappa shape index (κ1) is 21.3. The number of ether oxygens (including phenoxy) is 1. The van der Waals surface area contributed by atoms with Gasteiger partial charge in [0.05, 0.1) is 18.0 Å². The number of para-hydroxylation sites is 1. The van der Waals surface area contributed by atoms with Gasteiger partial charge in [-0.3, -0.25) is 19.2 Å². The van der Waals surface area contributed by atoms with Gasteiger partial charge in [-0.25, -0.2) is 0 Å². The summed E-state index contributed by atoms with van der Waals surface area (Å²) in [6, 6.07) is 13.5. The zero-order valence-corrected chi connectivity index (χ0v) is 18.7. The number of aryl methyl sites for hydroxylation is 1. The summed E-state index contributed by atoms with van der Waals surface area (Å²) in [6.45, 7) is 4.87. The summed E-state index contributed by atoms with van der Waals surface area (Å²) >= 11 is 1.57. The average molecular weight is 439 g/mol. The molecule has 1 atom stereocenters. The van der Waals surface area contributed by atoms with Gasteiger partial charge in [-0.05, 0) is 42.5 Å². The van der Waals surface area contributed by atoms with Crippen molar-refractivity contribution in [2.45, 2.75) is 32.4 Å². The van der Waals surface area contributed by atoms with E-state index in [2.05, 4.69) is 10.4 Å². The van der Waals surface area contributed by atoms with Crippen LogP contribution < -0.4 is 10.2 Å². The highest BCUT2D eigenvalue weighted by Crippen LogP contribution is 2.36. The predicted molar refractivity (Wildman–Crippen MR) is 121 cm³/mol. The maximum Gasteiger partial charge on any atom is 0.277 e. The lowest BCUT2D eigenvalue weighted by atomic mass is 9.92. The van der Waals surface area contributed by atoms with E-state index in [1.807, 2.05) is 54.8 Å². The maximum atomic E-state index is 13.8. The zero-order valence-electron chi connectivity index (χ0n) is 17.9. The predicted octanol–water partition coefficient (Wildman–Crippen LogP) is 3.36. The lowest BCUT2D eigenvalue weighted by molar-refractivity contribution is -0.126. The van der Waals surface area contributed by atoms with Gasteiger partial charge in [0, 0.05) is 19.3 Å². The van der Waals surface area contributed by atoms with Crippen LogP contribution in [-0.4, -0.2) is 47.4 Å². The molecule has 3 heterocycles. The summed E-state index contributed by atoms with van der Waals surface area (Å²) in [7, 11) is 1.59. The number of methoxy groups -OCH3 is 1. The van der Waals surface area contributed by atoms with Gasteiger partial charge in [0.25, 0.3) is 5.91 Å². The minimum atomic E-state index is -1.14. The van der Waals surface area contributed by atoms with Crippen LogP contribution in [-0.2, 0) is 22.5 Å². The summed E-state index contributed by atoms with van der Waals surface area (Å²) in [5, 5.41) is 9.56. The number of amides is 2. The number of benzene rings is 1. The molecule has 0 bridgehead atoms. The number of nitrogens with zero attached hydrogens (tertiary/aromatic N) is 3. The van der Waals surface area contributed by atoms with Crippen molar-refractivity contribution in [3.8, 4) is 10.6 Å². The number of hydrogen-bond acceptors (Lipinski definition) is 5. The minimum Gasteiger partial charge on any atom is -0.383 e. The molecule has 4 rings (SSSR count). The summed E-state index contributed by atoms with van der Waals surface area (Å²) < 4.78 is 6.74. The lowest BCUT2D eigenvalue weighted by Gasteiger charge is -2.43. The van der Waals surface area contributed by atoms with Crippen molar-refractivity contribution in [3.63, 3.8) is 0 Å². The number of hydrogen-bond donors (Lipinski definition) is 1. The number of carbonyl (C=O) groups is 2. The fourth-order valence-corrected chi connectivity index (χ4v) is 4.67. The molecule has 2 aromatic heterocycles. The van der Waals surface area contributed by atoms with Gasteiger partial charge in [0.1, 0.15) is 16.9 Å². The SMILES string of the molecule is CCc1ccccc1N1C(=O)c2cc(-c3cccs3)nn2C[C@]1(C)C(=O)NCCOC. The number of fused-ring (bicyclic) bond motifs is 1. The molecule has 8 heteroatoms. The van der Waals surface area contributed by atoms with Gasteiger partial charge < -0.3 is 10.1 Å². The van der Waals surface area contributed by atoms with Crippen molar-refractivity contribution >= 4 is 28.8 Å². The van der Waals surface area contributed by atoms with E-state index in [0.29, 0.717) is 18.8 Å². The number of anilines is 1. The highest BCUT2D eigenvalue weighted by Gasteiger charge is 2.49. The van der Waals surface area contributed by atoms with Crippen LogP contribution in [0, 0.1) is 0 Å². The van der Waals surface area contributed by atoms with E-state index in [-0.39, 0.29) is 18.4 Å². The van der Waals surface area contributed by atoms with Crippen LogP contribution in [0.4, 0.5) is 5.69 Å². The topological polar surface area (TPSA) is 76.5 Å². The molecular weight excluding hydrogens is 412 g/mol. The minimum absolute atomic E-state index is 0.230. The number of thiophene rings is 1. The highest BCUT2D eigenvalue weighted by molar-refractivity contribution is 7.13. The summed E-state index contributed by atoms with van der Waals surface area (Å²) in [5.41, 5.74) is 1.85. The van der Waals surface area contributed by atoms with Crippen molar-refractivity contribution in [1.29, 1.82) is 0 Å². The van der Waals surface area contributed by atoms with Gasteiger partial charge in [0.15, 0.2) is 0 Å².